The minimum Gasteiger partial charge on any atom is -0.493 e. The van der Waals surface area contributed by atoms with Crippen LogP contribution in [0.15, 0.2) is 54.9 Å². The van der Waals surface area contributed by atoms with Crippen molar-refractivity contribution in [2.24, 2.45) is 7.05 Å². The third-order valence-corrected chi connectivity index (χ3v) is 10.1. The van der Waals surface area contributed by atoms with Crippen molar-refractivity contribution < 1.29 is 28.7 Å². The highest BCUT2D eigenvalue weighted by Gasteiger charge is 2.45. The standard InChI is InChI=1S/C39H43ClN6O6/c1-5-51-31-20-28(14-11-24(31)13-16-33(48)52-23-32(47)45(2)3)43-38(50)39(17-8-18-39)44-37(49)26-12-15-29-30(19-26)46(4)35(34(29)25-9-6-7-10-25)36-41-21-27(40)22-42-36/h11-16,19-22,25H,5-10,17-18,23H2,1-4H3,(H,43,50)(H,44,49)/b16-13+. The number of anilines is 1. The first-order chi connectivity index (χ1) is 25.0. The number of likely N-dealkylation sites (N-methyl/N-ethyl adjacent to an activating group) is 1. The Bertz CT molecular complexity index is 2030. The van der Waals surface area contributed by atoms with Gasteiger partial charge in [-0.05, 0) is 80.9 Å². The summed E-state index contributed by atoms with van der Waals surface area (Å²) in [5, 5.41) is 7.55. The molecule has 0 aliphatic heterocycles. The van der Waals surface area contributed by atoms with Crippen molar-refractivity contribution in [3.63, 3.8) is 0 Å². The van der Waals surface area contributed by atoms with E-state index >= 15 is 0 Å². The molecule has 52 heavy (non-hydrogen) atoms. The fraction of sp³-hybridized carbons (Fsp3) is 0.385. The highest BCUT2D eigenvalue weighted by atomic mass is 35.5. The topological polar surface area (TPSA) is 145 Å². The summed E-state index contributed by atoms with van der Waals surface area (Å²) in [5.41, 5.74) is 3.46. The molecule has 6 rings (SSSR count). The van der Waals surface area contributed by atoms with Crippen molar-refractivity contribution in [2.45, 2.75) is 63.3 Å². The molecule has 2 aromatic carbocycles. The van der Waals surface area contributed by atoms with Crippen LogP contribution in [0.1, 0.15) is 79.3 Å². The van der Waals surface area contributed by atoms with Crippen molar-refractivity contribution >= 4 is 58.0 Å². The Morgan fingerprint density at radius 3 is 2.42 bits per heavy atom. The number of hydrogen-bond acceptors (Lipinski definition) is 8. The molecule has 2 aromatic heterocycles. The van der Waals surface area contributed by atoms with E-state index < -0.39 is 11.5 Å². The minimum absolute atomic E-state index is 0.322. The summed E-state index contributed by atoms with van der Waals surface area (Å²) in [7, 11) is 5.12. The molecule has 4 aromatic rings. The molecule has 0 unspecified atom stereocenters. The van der Waals surface area contributed by atoms with Crippen LogP contribution in [-0.2, 0) is 26.2 Å². The van der Waals surface area contributed by atoms with Crippen molar-refractivity contribution in [3.05, 3.63) is 76.6 Å². The molecule has 2 N–H and O–H groups in total. The Balaban J connectivity index is 1.19. The molecular formula is C39H43ClN6O6. The normalized spacial score (nSPS) is 15.3. The van der Waals surface area contributed by atoms with Crippen LogP contribution in [0.2, 0.25) is 5.02 Å². The molecule has 2 fully saturated rings. The summed E-state index contributed by atoms with van der Waals surface area (Å²) in [5.74, 6) is -0.257. The minimum atomic E-state index is -1.07. The molecule has 2 saturated carbocycles. The van der Waals surface area contributed by atoms with Gasteiger partial charge in [0.2, 0.25) is 5.91 Å². The number of carbonyl (C=O) groups excluding carboxylic acids is 4. The number of fused-ring (bicyclic) bond motifs is 1. The Kier molecular flexibility index (Phi) is 10.9. The second kappa shape index (κ2) is 15.6. The predicted molar refractivity (Wildman–Crippen MR) is 199 cm³/mol. The molecule has 2 heterocycles. The van der Waals surface area contributed by atoms with E-state index in [0.717, 1.165) is 35.9 Å². The average Bonchev–Trinajstić information content (AvgIpc) is 3.74. The number of aryl methyl sites for hydroxylation is 1. The summed E-state index contributed by atoms with van der Waals surface area (Å²) < 4.78 is 12.8. The lowest BCUT2D eigenvalue weighted by atomic mass is 9.75. The van der Waals surface area contributed by atoms with Crippen LogP contribution >= 0.6 is 11.6 Å². The van der Waals surface area contributed by atoms with E-state index in [9.17, 15) is 19.2 Å². The zero-order valence-electron chi connectivity index (χ0n) is 29.8. The van der Waals surface area contributed by atoms with Crippen LogP contribution in [0.4, 0.5) is 5.69 Å². The maximum absolute atomic E-state index is 13.8. The number of nitrogens with zero attached hydrogens (tertiary/aromatic N) is 4. The van der Waals surface area contributed by atoms with Crippen molar-refractivity contribution in [1.29, 1.82) is 0 Å². The van der Waals surface area contributed by atoms with Crippen LogP contribution in [0, 0.1) is 0 Å². The second-order valence-electron chi connectivity index (χ2n) is 13.5. The molecule has 3 amide bonds. The van der Waals surface area contributed by atoms with E-state index in [1.54, 1.807) is 44.7 Å². The maximum atomic E-state index is 13.8. The van der Waals surface area contributed by atoms with Gasteiger partial charge in [0.05, 0.1) is 17.3 Å². The first kappa shape index (κ1) is 36.6. The van der Waals surface area contributed by atoms with Gasteiger partial charge in [-0.1, -0.05) is 30.5 Å². The first-order valence-corrected chi connectivity index (χ1v) is 17.9. The van der Waals surface area contributed by atoms with E-state index in [0.29, 0.717) is 58.8 Å². The lowest BCUT2D eigenvalue weighted by Crippen LogP contribution is -2.61. The molecular weight excluding hydrogens is 684 g/mol. The molecule has 0 spiro atoms. The summed E-state index contributed by atoms with van der Waals surface area (Å²) in [4.78, 5) is 61.9. The molecule has 13 heteroatoms. The Morgan fingerprint density at radius 2 is 1.77 bits per heavy atom. The van der Waals surface area contributed by atoms with Crippen LogP contribution in [0.5, 0.6) is 5.75 Å². The Labute approximate surface area is 307 Å². The predicted octanol–water partition coefficient (Wildman–Crippen LogP) is 6.28. The van der Waals surface area contributed by atoms with E-state index in [1.807, 2.05) is 32.2 Å². The van der Waals surface area contributed by atoms with E-state index in [-0.39, 0.29) is 24.3 Å². The fourth-order valence-corrected chi connectivity index (χ4v) is 7.01. The second-order valence-corrected chi connectivity index (χ2v) is 14.0. The van der Waals surface area contributed by atoms with Crippen molar-refractivity contribution in [1.82, 2.24) is 24.8 Å². The third-order valence-electron chi connectivity index (χ3n) is 9.90. The Hall–Kier alpha value is -5.23. The number of nitrogens with one attached hydrogen (secondary N) is 2. The first-order valence-electron chi connectivity index (χ1n) is 17.6. The van der Waals surface area contributed by atoms with Crippen LogP contribution < -0.4 is 15.4 Å². The molecule has 0 saturated heterocycles. The Morgan fingerprint density at radius 1 is 1.04 bits per heavy atom. The number of esters is 1. The van der Waals surface area contributed by atoms with Gasteiger partial charge in [-0.25, -0.2) is 14.8 Å². The molecule has 12 nitrogen and oxygen atoms in total. The SMILES string of the molecule is CCOc1cc(NC(=O)C2(NC(=O)c3ccc4c(C5CCCC5)c(-c5ncc(Cl)cn5)n(C)c4c3)CCC2)ccc1/C=C/C(=O)OCC(=O)N(C)C. The molecule has 2 aliphatic carbocycles. The number of amides is 3. The van der Waals surface area contributed by atoms with Crippen LogP contribution in [0.25, 0.3) is 28.5 Å². The molecule has 0 bridgehead atoms. The van der Waals surface area contributed by atoms with Crippen LogP contribution in [0.3, 0.4) is 0 Å². The number of hydrogen-bond donors (Lipinski definition) is 2. The average molecular weight is 727 g/mol. The van der Waals surface area contributed by atoms with Gasteiger partial charge in [0.15, 0.2) is 12.4 Å². The van der Waals surface area contributed by atoms with Gasteiger partial charge in [0, 0.05) is 73.4 Å². The summed E-state index contributed by atoms with van der Waals surface area (Å²) >= 11 is 6.11. The number of rotatable bonds is 12. The lowest BCUT2D eigenvalue weighted by Gasteiger charge is -2.40. The molecule has 272 valence electrons. The number of halogens is 1. The quantitative estimate of drug-likeness (QED) is 0.128. The number of aromatic nitrogens is 3. The monoisotopic (exact) mass is 726 g/mol. The number of carbonyl (C=O) groups is 4. The largest absolute Gasteiger partial charge is 0.493 e. The number of ether oxygens (including phenoxy) is 2. The maximum Gasteiger partial charge on any atom is 0.331 e. The highest BCUT2D eigenvalue weighted by molar-refractivity contribution is 6.30. The van der Waals surface area contributed by atoms with Gasteiger partial charge in [0.1, 0.15) is 11.3 Å². The van der Waals surface area contributed by atoms with E-state index in [1.165, 1.54) is 35.5 Å². The van der Waals surface area contributed by atoms with Gasteiger partial charge < -0.3 is 29.6 Å². The zero-order chi connectivity index (χ0) is 37.0. The fourth-order valence-electron chi connectivity index (χ4n) is 6.92. The van der Waals surface area contributed by atoms with E-state index in [2.05, 4.69) is 25.2 Å². The third kappa shape index (κ3) is 7.67. The van der Waals surface area contributed by atoms with Crippen molar-refractivity contribution in [3.8, 4) is 17.3 Å². The molecule has 2 aliphatic rings. The molecule has 0 atom stereocenters. The zero-order valence-corrected chi connectivity index (χ0v) is 30.6. The van der Waals surface area contributed by atoms with Gasteiger partial charge >= 0.3 is 5.97 Å². The molecule has 0 radical (unpaired) electrons. The summed E-state index contributed by atoms with van der Waals surface area (Å²) in [6.45, 7) is 1.82. The van der Waals surface area contributed by atoms with Gasteiger partial charge in [0.25, 0.3) is 11.8 Å². The van der Waals surface area contributed by atoms with E-state index in [4.69, 9.17) is 21.1 Å². The smallest absolute Gasteiger partial charge is 0.331 e. The summed E-state index contributed by atoms with van der Waals surface area (Å²) in [6.07, 6.45) is 12.2. The van der Waals surface area contributed by atoms with Crippen LogP contribution in [-0.4, -0.2) is 76.0 Å². The van der Waals surface area contributed by atoms with Gasteiger partial charge in [-0.15, -0.1) is 0 Å². The van der Waals surface area contributed by atoms with Gasteiger partial charge in [-0.2, -0.15) is 0 Å². The summed E-state index contributed by atoms with van der Waals surface area (Å²) in [6, 6.07) is 10.8. The number of benzene rings is 2. The highest BCUT2D eigenvalue weighted by Crippen LogP contribution is 2.44. The van der Waals surface area contributed by atoms with Gasteiger partial charge in [-0.3, -0.25) is 14.4 Å². The van der Waals surface area contributed by atoms with Crippen molar-refractivity contribution in [2.75, 3.05) is 32.6 Å². The lowest BCUT2D eigenvalue weighted by molar-refractivity contribution is -0.146.